The van der Waals surface area contributed by atoms with Gasteiger partial charge in [-0.2, -0.15) is 0 Å². The van der Waals surface area contributed by atoms with E-state index in [0.717, 1.165) is 0 Å². The number of aromatic nitrogens is 1. The molecule has 0 saturated heterocycles. The fourth-order valence-electron chi connectivity index (χ4n) is 1.31. The smallest absolute Gasteiger partial charge is 0.316 e. The molecule has 0 radical (unpaired) electrons. The molecule has 0 aromatic carbocycles. The minimum absolute atomic E-state index is 0.0531. The number of hydrazine groups is 1. The Bertz CT molecular complexity index is 560. The molecular formula is C10H18N6O3S. The molecule has 20 heavy (non-hydrogen) atoms. The second kappa shape index (κ2) is 7.03. The van der Waals surface area contributed by atoms with Gasteiger partial charge in [-0.15, -0.1) is 0 Å². The normalized spacial score (nSPS) is 10.9. The summed E-state index contributed by atoms with van der Waals surface area (Å²) in [5.41, 5.74) is 2.22. The van der Waals surface area contributed by atoms with Gasteiger partial charge in [-0.25, -0.2) is 28.8 Å². The second-order valence-electron chi connectivity index (χ2n) is 4.02. The first-order valence-corrected chi connectivity index (χ1v) is 7.23. The van der Waals surface area contributed by atoms with E-state index in [-0.39, 0.29) is 29.8 Å². The standard InChI is InChI=1S/C10H18N6O3S/c1-16(2)10(17)13-6-7-14-20(18,19)8-4-3-5-12-9(8)15-11/h3-5,14H,6-7,11H2,1-2H3,(H,12,15)(H,13,17). The number of carbonyl (C=O) groups is 1. The summed E-state index contributed by atoms with van der Waals surface area (Å²) in [6, 6.07) is 2.57. The van der Waals surface area contributed by atoms with Crippen molar-refractivity contribution < 1.29 is 13.2 Å². The summed E-state index contributed by atoms with van der Waals surface area (Å²) in [5, 5.41) is 2.54. The molecule has 112 valence electrons. The van der Waals surface area contributed by atoms with Gasteiger partial charge >= 0.3 is 6.03 Å². The fourth-order valence-corrected chi connectivity index (χ4v) is 2.46. The summed E-state index contributed by atoms with van der Waals surface area (Å²) in [6.07, 6.45) is 1.42. The Kier molecular flexibility index (Phi) is 5.67. The van der Waals surface area contributed by atoms with Crippen LogP contribution in [0.4, 0.5) is 10.6 Å². The molecule has 5 N–H and O–H groups in total. The Balaban J connectivity index is 2.60. The lowest BCUT2D eigenvalue weighted by molar-refractivity contribution is 0.217. The zero-order valence-electron chi connectivity index (χ0n) is 11.3. The van der Waals surface area contributed by atoms with Gasteiger partial charge in [0.2, 0.25) is 10.0 Å². The van der Waals surface area contributed by atoms with Gasteiger partial charge in [0.05, 0.1) is 0 Å². The number of nitrogens with zero attached hydrogens (tertiary/aromatic N) is 2. The van der Waals surface area contributed by atoms with E-state index in [1.165, 1.54) is 23.2 Å². The first-order valence-electron chi connectivity index (χ1n) is 5.75. The van der Waals surface area contributed by atoms with Crippen molar-refractivity contribution in [2.75, 3.05) is 32.6 Å². The van der Waals surface area contributed by atoms with Gasteiger partial charge in [-0.3, -0.25) is 0 Å². The van der Waals surface area contributed by atoms with Crippen LogP contribution < -0.4 is 21.3 Å². The molecule has 0 unspecified atom stereocenters. The number of sulfonamides is 1. The Morgan fingerprint density at radius 1 is 1.40 bits per heavy atom. The molecule has 1 aromatic heterocycles. The Morgan fingerprint density at radius 2 is 2.10 bits per heavy atom. The topological polar surface area (TPSA) is 129 Å². The molecular weight excluding hydrogens is 284 g/mol. The SMILES string of the molecule is CN(C)C(=O)NCCNS(=O)(=O)c1cccnc1NN. The number of hydrogen-bond donors (Lipinski definition) is 4. The minimum atomic E-state index is -3.74. The molecule has 0 bridgehead atoms. The summed E-state index contributed by atoms with van der Waals surface area (Å²) in [6.45, 7) is 0.225. The van der Waals surface area contributed by atoms with E-state index in [9.17, 15) is 13.2 Å². The van der Waals surface area contributed by atoms with Crippen molar-refractivity contribution in [2.24, 2.45) is 5.84 Å². The van der Waals surface area contributed by atoms with Crippen LogP contribution in [0.15, 0.2) is 23.2 Å². The summed E-state index contributed by atoms with van der Waals surface area (Å²) >= 11 is 0. The molecule has 10 heteroatoms. The Hall–Kier alpha value is -1.91. The highest BCUT2D eigenvalue weighted by Crippen LogP contribution is 2.15. The van der Waals surface area contributed by atoms with Crippen LogP contribution in [-0.2, 0) is 10.0 Å². The van der Waals surface area contributed by atoms with Gasteiger partial charge < -0.3 is 15.6 Å². The number of rotatable bonds is 6. The van der Waals surface area contributed by atoms with E-state index >= 15 is 0 Å². The van der Waals surface area contributed by atoms with Crippen LogP contribution in [-0.4, -0.2) is 51.5 Å². The number of amides is 2. The second-order valence-corrected chi connectivity index (χ2v) is 5.75. The Morgan fingerprint density at radius 3 is 2.70 bits per heavy atom. The van der Waals surface area contributed by atoms with Crippen molar-refractivity contribution in [1.82, 2.24) is 19.9 Å². The maximum absolute atomic E-state index is 12.0. The molecule has 9 nitrogen and oxygen atoms in total. The van der Waals surface area contributed by atoms with Crippen LogP contribution >= 0.6 is 0 Å². The van der Waals surface area contributed by atoms with Crippen molar-refractivity contribution in [1.29, 1.82) is 0 Å². The van der Waals surface area contributed by atoms with Crippen molar-refractivity contribution in [3.63, 3.8) is 0 Å². The van der Waals surface area contributed by atoms with Crippen LogP contribution in [0, 0.1) is 0 Å². The van der Waals surface area contributed by atoms with E-state index in [0.29, 0.717) is 0 Å². The molecule has 0 fully saturated rings. The van der Waals surface area contributed by atoms with Gasteiger partial charge in [0.25, 0.3) is 0 Å². The first-order chi connectivity index (χ1) is 9.38. The summed E-state index contributed by atoms with van der Waals surface area (Å²) < 4.78 is 26.4. The van der Waals surface area contributed by atoms with Crippen molar-refractivity contribution >= 4 is 21.9 Å². The molecule has 0 aliphatic carbocycles. The van der Waals surface area contributed by atoms with Crippen molar-refractivity contribution in [2.45, 2.75) is 4.90 Å². The van der Waals surface area contributed by atoms with E-state index in [4.69, 9.17) is 5.84 Å². The molecule has 0 spiro atoms. The van der Waals surface area contributed by atoms with Gasteiger partial charge in [0.1, 0.15) is 4.90 Å². The van der Waals surface area contributed by atoms with Crippen LogP contribution in [0.1, 0.15) is 0 Å². The van der Waals surface area contributed by atoms with Gasteiger partial charge in [-0.05, 0) is 12.1 Å². The van der Waals surface area contributed by atoms with E-state index in [1.807, 2.05) is 0 Å². The van der Waals surface area contributed by atoms with Crippen LogP contribution in [0.3, 0.4) is 0 Å². The van der Waals surface area contributed by atoms with E-state index in [2.05, 4.69) is 20.4 Å². The molecule has 1 rings (SSSR count). The number of carbonyl (C=O) groups excluding carboxylic acids is 1. The number of pyridine rings is 1. The van der Waals surface area contributed by atoms with Gasteiger partial charge in [0, 0.05) is 33.4 Å². The molecule has 0 saturated carbocycles. The van der Waals surface area contributed by atoms with Gasteiger partial charge in [0.15, 0.2) is 5.82 Å². The third-order valence-electron chi connectivity index (χ3n) is 2.30. The monoisotopic (exact) mass is 302 g/mol. The van der Waals surface area contributed by atoms with Crippen LogP contribution in [0.2, 0.25) is 0 Å². The lowest BCUT2D eigenvalue weighted by Crippen LogP contribution is -2.39. The zero-order chi connectivity index (χ0) is 15.2. The van der Waals surface area contributed by atoms with Gasteiger partial charge in [-0.1, -0.05) is 0 Å². The highest BCUT2D eigenvalue weighted by Gasteiger charge is 2.18. The maximum atomic E-state index is 12.0. The number of nitrogens with one attached hydrogen (secondary N) is 3. The highest BCUT2D eigenvalue weighted by atomic mass is 32.2. The number of nitrogens with two attached hydrogens (primary N) is 1. The van der Waals surface area contributed by atoms with Crippen molar-refractivity contribution in [3.05, 3.63) is 18.3 Å². The third-order valence-corrected chi connectivity index (χ3v) is 3.79. The summed E-state index contributed by atoms with van der Waals surface area (Å²) in [5.74, 6) is 5.26. The predicted molar refractivity (Wildman–Crippen MR) is 74.3 cm³/mol. The third kappa shape index (κ3) is 4.33. The summed E-state index contributed by atoms with van der Waals surface area (Å²) in [7, 11) is -0.558. The van der Waals surface area contributed by atoms with E-state index < -0.39 is 10.0 Å². The average molecular weight is 302 g/mol. The number of urea groups is 1. The Labute approximate surface area is 117 Å². The number of nitrogen functional groups attached to an aromatic ring is 1. The van der Waals surface area contributed by atoms with Crippen LogP contribution in [0.25, 0.3) is 0 Å². The fraction of sp³-hybridized carbons (Fsp3) is 0.400. The summed E-state index contributed by atoms with van der Waals surface area (Å²) in [4.78, 5) is 16.3. The van der Waals surface area contributed by atoms with E-state index in [1.54, 1.807) is 14.1 Å². The first kappa shape index (κ1) is 16.1. The minimum Gasteiger partial charge on any atom is -0.337 e. The highest BCUT2D eigenvalue weighted by molar-refractivity contribution is 7.89. The largest absolute Gasteiger partial charge is 0.337 e. The molecule has 0 aliphatic heterocycles. The maximum Gasteiger partial charge on any atom is 0.316 e. The number of anilines is 1. The lowest BCUT2D eigenvalue weighted by atomic mass is 10.5. The zero-order valence-corrected chi connectivity index (χ0v) is 12.1. The van der Waals surface area contributed by atoms with Crippen LogP contribution in [0.5, 0.6) is 0 Å². The predicted octanol–water partition coefficient (Wildman–Crippen LogP) is -1.08. The lowest BCUT2D eigenvalue weighted by Gasteiger charge is -2.13. The number of hydrogen-bond acceptors (Lipinski definition) is 6. The molecule has 2 amide bonds. The molecule has 1 aromatic rings. The molecule has 1 heterocycles. The average Bonchev–Trinajstić information content (AvgIpc) is 2.43. The molecule has 0 aliphatic rings. The van der Waals surface area contributed by atoms with Crippen molar-refractivity contribution in [3.8, 4) is 0 Å². The molecule has 0 atom stereocenters. The quantitative estimate of drug-likeness (QED) is 0.300.